The molecule has 0 aromatic carbocycles. The summed E-state index contributed by atoms with van der Waals surface area (Å²) in [6, 6.07) is -0.120. The van der Waals surface area contributed by atoms with E-state index in [0.717, 1.165) is 6.29 Å². The van der Waals surface area contributed by atoms with Gasteiger partial charge in [0.2, 0.25) is 0 Å². The Hall–Kier alpha value is 0.680. The van der Waals surface area contributed by atoms with E-state index in [9.17, 15) is 4.79 Å². The summed E-state index contributed by atoms with van der Waals surface area (Å²) >= 11 is 3.95. The summed E-state index contributed by atoms with van der Waals surface area (Å²) in [5, 5.41) is 0. The van der Waals surface area contributed by atoms with Gasteiger partial charge in [0, 0.05) is 5.75 Å². The van der Waals surface area contributed by atoms with Crippen LogP contribution in [-0.4, -0.2) is 24.3 Å². The number of hydrogen-bond acceptors (Lipinski definition) is 5. The molecule has 0 amide bonds. The Bertz CT molecular complexity index is 80.2. The molecule has 1 N–H and O–H groups in total. The first kappa shape index (κ1) is 9.68. The first-order chi connectivity index (χ1) is 4.35. The second kappa shape index (κ2) is 6.80. The molecular weight excluding hydrogens is 174 g/mol. The Morgan fingerprint density at radius 3 is 2.89 bits per heavy atom. The summed E-state index contributed by atoms with van der Waals surface area (Å²) in [6.07, 6.45) is 2.80. The van der Waals surface area contributed by atoms with Crippen molar-refractivity contribution in [3.63, 3.8) is 0 Å². The van der Waals surface area contributed by atoms with E-state index in [0.29, 0.717) is 5.75 Å². The fourth-order valence-corrected chi connectivity index (χ4v) is 1.54. The van der Waals surface area contributed by atoms with Gasteiger partial charge in [-0.25, -0.2) is 4.72 Å². The van der Waals surface area contributed by atoms with Crippen molar-refractivity contribution in [3.8, 4) is 0 Å². The first-order valence-corrected chi connectivity index (χ1v) is 5.55. The van der Waals surface area contributed by atoms with E-state index >= 15 is 0 Å². The summed E-state index contributed by atoms with van der Waals surface area (Å²) in [5.41, 5.74) is 0. The number of nitrogens with one attached hydrogen (secondary N) is 1. The Labute approximate surface area is 68.5 Å². The van der Waals surface area contributed by atoms with Crippen LogP contribution in [0.4, 0.5) is 0 Å². The highest BCUT2D eigenvalue weighted by atomic mass is 33.1. The summed E-state index contributed by atoms with van der Waals surface area (Å²) in [5.74, 6) is 0.553. The smallest absolute Gasteiger partial charge is 0.138 e. The quantitative estimate of drug-likeness (QED) is 0.288. The fraction of sp³-hybridized carbons (Fsp3) is 0.750. The van der Waals surface area contributed by atoms with Gasteiger partial charge in [-0.2, -0.15) is 12.6 Å². The average molecular weight is 183 g/mol. The molecule has 0 bridgehead atoms. The molecule has 0 aliphatic heterocycles. The average Bonchev–Trinajstić information content (AvgIpc) is 1.91. The van der Waals surface area contributed by atoms with Gasteiger partial charge in [0.25, 0.3) is 0 Å². The van der Waals surface area contributed by atoms with Crippen LogP contribution in [-0.2, 0) is 4.79 Å². The third-order valence-electron chi connectivity index (χ3n) is 0.644. The third kappa shape index (κ3) is 5.14. The molecule has 0 fully saturated rings. The topological polar surface area (TPSA) is 29.1 Å². The molecule has 0 aromatic heterocycles. The zero-order chi connectivity index (χ0) is 7.11. The molecule has 0 unspecified atom stereocenters. The van der Waals surface area contributed by atoms with Crippen LogP contribution in [0.3, 0.4) is 0 Å². The largest absolute Gasteiger partial charge is 0.302 e. The van der Waals surface area contributed by atoms with Crippen molar-refractivity contribution in [1.82, 2.24) is 4.72 Å². The molecule has 0 radical (unpaired) electrons. The highest BCUT2D eigenvalue weighted by Crippen LogP contribution is 2.12. The minimum Gasteiger partial charge on any atom is -0.302 e. The molecule has 1 atom stereocenters. The predicted molar refractivity (Wildman–Crippen MR) is 47.9 cm³/mol. The number of hydrogen-bond donors (Lipinski definition) is 2. The van der Waals surface area contributed by atoms with Gasteiger partial charge in [-0.05, 0) is 17.2 Å². The van der Waals surface area contributed by atoms with Gasteiger partial charge in [0.05, 0.1) is 6.04 Å². The maximum atomic E-state index is 10.1. The zero-order valence-corrected chi connectivity index (χ0v) is 7.56. The van der Waals surface area contributed by atoms with Crippen LogP contribution in [0.2, 0.25) is 0 Å². The molecule has 0 aromatic rings. The Morgan fingerprint density at radius 2 is 2.56 bits per heavy atom. The number of carbonyl (C=O) groups excluding carboxylic acids is 1. The maximum Gasteiger partial charge on any atom is 0.138 e. The van der Waals surface area contributed by atoms with Gasteiger partial charge in [-0.3, -0.25) is 0 Å². The van der Waals surface area contributed by atoms with Gasteiger partial charge in [0.15, 0.2) is 0 Å². The van der Waals surface area contributed by atoms with Crippen LogP contribution in [0.5, 0.6) is 0 Å². The maximum absolute atomic E-state index is 10.1. The number of aldehydes is 1. The van der Waals surface area contributed by atoms with E-state index in [2.05, 4.69) is 17.4 Å². The molecule has 0 aliphatic carbocycles. The van der Waals surface area contributed by atoms with Crippen molar-refractivity contribution >= 4 is 40.7 Å². The SMILES string of the molecule is CSSN[C@H](C=O)CS. The lowest BCUT2D eigenvalue weighted by Gasteiger charge is -2.04. The highest BCUT2D eigenvalue weighted by molar-refractivity contribution is 8.75. The van der Waals surface area contributed by atoms with Crippen LogP contribution in [0.15, 0.2) is 0 Å². The monoisotopic (exact) mass is 183 g/mol. The normalized spacial score (nSPS) is 13.1. The van der Waals surface area contributed by atoms with E-state index in [1.807, 2.05) is 6.26 Å². The summed E-state index contributed by atoms with van der Waals surface area (Å²) in [7, 11) is 3.03. The molecule has 0 aliphatic rings. The zero-order valence-electron chi connectivity index (χ0n) is 5.03. The second-order valence-electron chi connectivity index (χ2n) is 1.29. The first-order valence-electron chi connectivity index (χ1n) is 2.36. The Morgan fingerprint density at radius 1 is 1.89 bits per heavy atom. The molecule has 0 heterocycles. The van der Waals surface area contributed by atoms with Gasteiger partial charge in [0.1, 0.15) is 6.29 Å². The predicted octanol–water partition coefficient (Wildman–Crippen LogP) is 0.999. The van der Waals surface area contributed by atoms with Gasteiger partial charge < -0.3 is 4.79 Å². The molecule has 54 valence electrons. The number of rotatable bonds is 5. The molecule has 0 saturated heterocycles. The van der Waals surface area contributed by atoms with Crippen molar-refractivity contribution in [1.29, 1.82) is 0 Å². The highest BCUT2D eigenvalue weighted by Gasteiger charge is 2.01. The van der Waals surface area contributed by atoms with E-state index in [4.69, 9.17) is 0 Å². The minimum atomic E-state index is -0.120. The molecule has 0 spiro atoms. The minimum absolute atomic E-state index is 0.120. The summed E-state index contributed by atoms with van der Waals surface area (Å²) in [4.78, 5) is 10.1. The van der Waals surface area contributed by atoms with E-state index in [1.54, 1.807) is 10.8 Å². The van der Waals surface area contributed by atoms with Crippen molar-refractivity contribution in [2.45, 2.75) is 6.04 Å². The Kier molecular flexibility index (Phi) is 7.31. The second-order valence-corrected chi connectivity index (χ2v) is 3.89. The lowest BCUT2D eigenvalue weighted by atomic mass is 10.4. The molecular formula is C4H9NOS3. The van der Waals surface area contributed by atoms with Gasteiger partial charge in [-0.15, -0.1) is 0 Å². The molecule has 5 heteroatoms. The van der Waals surface area contributed by atoms with E-state index in [-0.39, 0.29) is 6.04 Å². The van der Waals surface area contributed by atoms with Crippen LogP contribution in [0.25, 0.3) is 0 Å². The van der Waals surface area contributed by atoms with E-state index < -0.39 is 0 Å². The van der Waals surface area contributed by atoms with Crippen LogP contribution < -0.4 is 4.72 Å². The van der Waals surface area contributed by atoms with Crippen molar-refractivity contribution in [2.24, 2.45) is 0 Å². The summed E-state index contributed by atoms with van der Waals surface area (Å²) < 4.78 is 2.90. The van der Waals surface area contributed by atoms with Gasteiger partial charge in [-0.1, -0.05) is 10.8 Å². The van der Waals surface area contributed by atoms with Gasteiger partial charge >= 0.3 is 0 Å². The van der Waals surface area contributed by atoms with Crippen molar-refractivity contribution < 1.29 is 4.79 Å². The van der Waals surface area contributed by atoms with Crippen LogP contribution in [0.1, 0.15) is 0 Å². The lowest BCUT2D eigenvalue weighted by Crippen LogP contribution is -2.25. The molecule has 9 heavy (non-hydrogen) atoms. The molecule has 0 rings (SSSR count). The molecule has 0 saturated carbocycles. The Balaban J connectivity index is 3.20. The third-order valence-corrected chi connectivity index (χ3v) is 2.39. The van der Waals surface area contributed by atoms with Crippen molar-refractivity contribution in [3.05, 3.63) is 0 Å². The van der Waals surface area contributed by atoms with E-state index in [1.165, 1.54) is 11.0 Å². The summed E-state index contributed by atoms with van der Waals surface area (Å²) in [6.45, 7) is 0. The standard InChI is InChI=1S/C4H9NOS3/c1-8-9-5-4(2-6)3-7/h2,4-5,7H,3H2,1H3/t4-/m1/s1. The molecule has 2 nitrogen and oxygen atoms in total. The number of carbonyl (C=O) groups is 1. The van der Waals surface area contributed by atoms with Crippen LogP contribution >= 0.6 is 34.4 Å². The lowest BCUT2D eigenvalue weighted by molar-refractivity contribution is -0.108. The fourth-order valence-electron chi connectivity index (χ4n) is 0.218. The number of thiol groups is 1. The van der Waals surface area contributed by atoms with Crippen molar-refractivity contribution in [2.75, 3.05) is 12.0 Å². The van der Waals surface area contributed by atoms with Crippen LogP contribution in [0, 0.1) is 0 Å².